The van der Waals surface area contributed by atoms with Gasteiger partial charge in [0.1, 0.15) is 5.82 Å². The molecular formula is C13H17FN2O2. The molecule has 1 saturated carbocycles. The summed E-state index contributed by atoms with van der Waals surface area (Å²) in [6.45, 7) is 0.711. The molecule has 0 atom stereocenters. The molecule has 98 valence electrons. The summed E-state index contributed by atoms with van der Waals surface area (Å²) in [4.78, 5) is 11.0. The molecule has 0 unspecified atom stereocenters. The van der Waals surface area contributed by atoms with E-state index in [1.807, 2.05) is 0 Å². The summed E-state index contributed by atoms with van der Waals surface area (Å²) < 4.78 is 13.5. The molecule has 0 aromatic heterocycles. The van der Waals surface area contributed by atoms with Crippen LogP contribution in [-0.2, 0) is 6.54 Å². The average molecular weight is 252 g/mol. The van der Waals surface area contributed by atoms with E-state index in [1.165, 1.54) is 18.2 Å². The third-order valence-electron chi connectivity index (χ3n) is 3.38. The highest BCUT2D eigenvalue weighted by atomic mass is 19.1. The Kier molecular flexibility index (Phi) is 3.63. The van der Waals surface area contributed by atoms with Crippen molar-refractivity contribution in [3.8, 4) is 0 Å². The van der Waals surface area contributed by atoms with Gasteiger partial charge in [-0.15, -0.1) is 0 Å². The van der Waals surface area contributed by atoms with Gasteiger partial charge in [0.2, 0.25) is 5.91 Å². The summed E-state index contributed by atoms with van der Waals surface area (Å²) in [5.41, 5.74) is 5.17. The van der Waals surface area contributed by atoms with E-state index in [9.17, 15) is 14.3 Å². The van der Waals surface area contributed by atoms with Crippen molar-refractivity contribution in [2.75, 3.05) is 6.54 Å². The van der Waals surface area contributed by atoms with Gasteiger partial charge < -0.3 is 16.2 Å². The van der Waals surface area contributed by atoms with Gasteiger partial charge in [0.15, 0.2) is 0 Å². The maximum atomic E-state index is 13.5. The van der Waals surface area contributed by atoms with E-state index in [0.717, 1.165) is 19.3 Å². The number of amides is 1. The van der Waals surface area contributed by atoms with E-state index >= 15 is 0 Å². The first kappa shape index (κ1) is 13.0. The summed E-state index contributed by atoms with van der Waals surface area (Å²) in [6.07, 6.45) is 2.59. The zero-order chi connectivity index (χ0) is 13.2. The van der Waals surface area contributed by atoms with Crippen molar-refractivity contribution in [1.29, 1.82) is 0 Å². The van der Waals surface area contributed by atoms with Crippen LogP contribution in [0, 0.1) is 5.82 Å². The summed E-state index contributed by atoms with van der Waals surface area (Å²) in [5, 5.41) is 12.9. The minimum absolute atomic E-state index is 0.273. The number of benzene rings is 1. The number of rotatable bonds is 5. The topological polar surface area (TPSA) is 75.4 Å². The Labute approximate surface area is 105 Å². The Bertz CT molecular complexity index is 458. The number of aliphatic hydroxyl groups is 1. The summed E-state index contributed by atoms with van der Waals surface area (Å²) in [5.74, 6) is -0.957. The lowest BCUT2D eigenvalue weighted by molar-refractivity contribution is -0.0315. The van der Waals surface area contributed by atoms with E-state index in [1.54, 1.807) is 0 Å². The van der Waals surface area contributed by atoms with Crippen LogP contribution >= 0.6 is 0 Å². The fourth-order valence-electron chi connectivity index (χ4n) is 2.05. The van der Waals surface area contributed by atoms with Gasteiger partial charge in [-0.1, -0.05) is 0 Å². The van der Waals surface area contributed by atoms with E-state index in [-0.39, 0.29) is 17.9 Å². The monoisotopic (exact) mass is 252 g/mol. The SMILES string of the molecule is NC(=O)c1ccc(F)c(CNCC2(O)CCC2)c1. The van der Waals surface area contributed by atoms with Crippen LogP contribution in [0.5, 0.6) is 0 Å². The molecule has 4 N–H and O–H groups in total. The van der Waals surface area contributed by atoms with Crippen molar-refractivity contribution in [2.45, 2.75) is 31.4 Å². The molecule has 4 nitrogen and oxygen atoms in total. The second-order valence-electron chi connectivity index (χ2n) is 4.85. The number of nitrogens with two attached hydrogens (primary N) is 1. The first-order valence-corrected chi connectivity index (χ1v) is 6.01. The Morgan fingerprint density at radius 3 is 2.78 bits per heavy atom. The Balaban J connectivity index is 1.95. The van der Waals surface area contributed by atoms with Crippen molar-refractivity contribution in [3.05, 3.63) is 35.1 Å². The van der Waals surface area contributed by atoms with E-state index in [2.05, 4.69) is 5.32 Å². The number of halogens is 1. The molecule has 1 amide bonds. The first-order chi connectivity index (χ1) is 8.50. The molecular weight excluding hydrogens is 235 g/mol. The number of nitrogens with one attached hydrogen (secondary N) is 1. The molecule has 1 aliphatic carbocycles. The van der Waals surface area contributed by atoms with Gasteiger partial charge >= 0.3 is 0 Å². The average Bonchev–Trinajstić information content (AvgIpc) is 2.29. The highest BCUT2D eigenvalue weighted by Crippen LogP contribution is 2.30. The smallest absolute Gasteiger partial charge is 0.248 e. The molecule has 0 spiro atoms. The van der Waals surface area contributed by atoms with E-state index in [0.29, 0.717) is 12.1 Å². The molecule has 0 radical (unpaired) electrons. The Morgan fingerprint density at radius 1 is 1.50 bits per heavy atom. The van der Waals surface area contributed by atoms with Crippen LogP contribution in [0.2, 0.25) is 0 Å². The lowest BCUT2D eigenvalue weighted by atomic mass is 9.80. The molecule has 0 saturated heterocycles. The van der Waals surface area contributed by atoms with Crippen LogP contribution in [0.3, 0.4) is 0 Å². The Hall–Kier alpha value is -1.46. The fourth-order valence-corrected chi connectivity index (χ4v) is 2.05. The van der Waals surface area contributed by atoms with Gasteiger partial charge in [0.05, 0.1) is 5.60 Å². The highest BCUT2D eigenvalue weighted by Gasteiger charge is 2.33. The van der Waals surface area contributed by atoms with Gasteiger partial charge in [0, 0.05) is 24.2 Å². The van der Waals surface area contributed by atoms with Crippen LogP contribution in [0.1, 0.15) is 35.2 Å². The number of carbonyl (C=O) groups is 1. The number of hydrogen-bond acceptors (Lipinski definition) is 3. The van der Waals surface area contributed by atoms with Crippen molar-refractivity contribution >= 4 is 5.91 Å². The predicted octanol–water partition coefficient (Wildman–Crippen LogP) is 0.929. The summed E-state index contributed by atoms with van der Waals surface area (Å²) >= 11 is 0. The van der Waals surface area contributed by atoms with Crippen LogP contribution in [0.25, 0.3) is 0 Å². The Morgan fingerprint density at radius 2 is 2.22 bits per heavy atom. The highest BCUT2D eigenvalue weighted by molar-refractivity contribution is 5.92. The minimum Gasteiger partial charge on any atom is -0.389 e. The maximum Gasteiger partial charge on any atom is 0.248 e. The molecule has 2 rings (SSSR count). The first-order valence-electron chi connectivity index (χ1n) is 6.01. The second-order valence-corrected chi connectivity index (χ2v) is 4.85. The standard InChI is InChI=1S/C13H17FN2O2/c14-11-3-2-9(12(15)17)6-10(11)7-16-8-13(18)4-1-5-13/h2-3,6,16,18H,1,4-5,7-8H2,(H2,15,17). The molecule has 0 bridgehead atoms. The number of hydrogen-bond donors (Lipinski definition) is 3. The molecule has 1 aliphatic rings. The van der Waals surface area contributed by atoms with Gasteiger partial charge in [-0.05, 0) is 37.5 Å². The number of primary amides is 1. The molecule has 1 aromatic carbocycles. The maximum absolute atomic E-state index is 13.5. The molecule has 0 heterocycles. The second kappa shape index (κ2) is 5.04. The zero-order valence-electron chi connectivity index (χ0n) is 10.1. The molecule has 0 aliphatic heterocycles. The minimum atomic E-state index is -0.641. The van der Waals surface area contributed by atoms with Crippen molar-refractivity contribution in [2.24, 2.45) is 5.73 Å². The van der Waals surface area contributed by atoms with Crippen molar-refractivity contribution < 1.29 is 14.3 Å². The van der Waals surface area contributed by atoms with Crippen LogP contribution in [0.15, 0.2) is 18.2 Å². The molecule has 1 aromatic rings. The van der Waals surface area contributed by atoms with E-state index in [4.69, 9.17) is 5.73 Å². The normalized spacial score (nSPS) is 17.2. The lowest BCUT2D eigenvalue weighted by Gasteiger charge is -2.36. The predicted molar refractivity (Wildman–Crippen MR) is 65.4 cm³/mol. The third kappa shape index (κ3) is 2.86. The molecule has 18 heavy (non-hydrogen) atoms. The summed E-state index contributed by atoms with van der Waals surface area (Å²) in [6, 6.07) is 4.03. The van der Waals surface area contributed by atoms with Crippen LogP contribution < -0.4 is 11.1 Å². The molecule has 1 fully saturated rings. The largest absolute Gasteiger partial charge is 0.389 e. The fraction of sp³-hybridized carbons (Fsp3) is 0.462. The van der Waals surface area contributed by atoms with Crippen molar-refractivity contribution in [1.82, 2.24) is 5.32 Å². The lowest BCUT2D eigenvalue weighted by Crippen LogP contribution is -2.46. The van der Waals surface area contributed by atoms with Crippen molar-refractivity contribution in [3.63, 3.8) is 0 Å². The quantitative estimate of drug-likeness (QED) is 0.729. The van der Waals surface area contributed by atoms with E-state index < -0.39 is 11.5 Å². The van der Waals surface area contributed by atoms with Crippen LogP contribution in [0.4, 0.5) is 4.39 Å². The van der Waals surface area contributed by atoms with Gasteiger partial charge in [0.25, 0.3) is 0 Å². The number of carbonyl (C=O) groups excluding carboxylic acids is 1. The van der Waals surface area contributed by atoms with Crippen LogP contribution in [-0.4, -0.2) is 23.2 Å². The van der Waals surface area contributed by atoms with Gasteiger partial charge in [-0.3, -0.25) is 4.79 Å². The molecule has 5 heteroatoms. The van der Waals surface area contributed by atoms with Gasteiger partial charge in [-0.2, -0.15) is 0 Å². The zero-order valence-corrected chi connectivity index (χ0v) is 10.1. The third-order valence-corrected chi connectivity index (χ3v) is 3.38. The van der Waals surface area contributed by atoms with Gasteiger partial charge in [-0.25, -0.2) is 4.39 Å². The summed E-state index contributed by atoms with van der Waals surface area (Å²) in [7, 11) is 0.